The Labute approximate surface area is 114 Å². The molecular formula is C14H13BrN2O. The summed E-state index contributed by atoms with van der Waals surface area (Å²) in [5, 5.41) is 0. The van der Waals surface area contributed by atoms with Crippen molar-refractivity contribution in [2.75, 3.05) is 0 Å². The fourth-order valence-corrected chi connectivity index (χ4v) is 2.43. The number of hydrogen-bond acceptors (Lipinski definition) is 2. The third kappa shape index (κ3) is 2.53. The molecule has 2 aromatic heterocycles. The van der Waals surface area contributed by atoms with Crippen molar-refractivity contribution >= 4 is 21.7 Å². The second kappa shape index (κ2) is 4.69. The Morgan fingerprint density at radius 2 is 2.28 bits per heavy atom. The van der Waals surface area contributed by atoms with E-state index in [-0.39, 0.29) is 5.92 Å². The number of pyridine rings is 1. The van der Waals surface area contributed by atoms with Crippen LogP contribution in [0.5, 0.6) is 0 Å². The van der Waals surface area contributed by atoms with Crippen LogP contribution in [-0.2, 0) is 6.54 Å². The monoisotopic (exact) mass is 304 g/mol. The third-order valence-electron chi connectivity index (χ3n) is 3.11. The third-order valence-corrected chi connectivity index (χ3v) is 3.54. The van der Waals surface area contributed by atoms with Gasteiger partial charge >= 0.3 is 0 Å². The summed E-state index contributed by atoms with van der Waals surface area (Å²) in [6.07, 6.45) is 9.60. The van der Waals surface area contributed by atoms with E-state index in [2.05, 4.69) is 20.9 Å². The smallest absolute Gasteiger partial charge is 0.167 e. The highest BCUT2D eigenvalue weighted by molar-refractivity contribution is 9.10. The molecule has 3 nitrogen and oxygen atoms in total. The van der Waals surface area contributed by atoms with Crippen LogP contribution in [0.15, 0.2) is 41.4 Å². The van der Waals surface area contributed by atoms with Crippen molar-refractivity contribution < 1.29 is 4.79 Å². The maximum absolute atomic E-state index is 11.9. The fourth-order valence-electron chi connectivity index (χ4n) is 2.02. The average molecular weight is 305 g/mol. The van der Waals surface area contributed by atoms with Crippen LogP contribution in [0.1, 0.15) is 28.8 Å². The molecule has 0 aromatic carbocycles. The second-order valence-corrected chi connectivity index (χ2v) is 5.64. The topological polar surface area (TPSA) is 34.9 Å². The van der Waals surface area contributed by atoms with Gasteiger partial charge in [-0.25, -0.2) is 0 Å². The lowest BCUT2D eigenvalue weighted by Crippen LogP contribution is -2.01. The maximum Gasteiger partial charge on any atom is 0.167 e. The van der Waals surface area contributed by atoms with Crippen LogP contribution in [0, 0.1) is 5.92 Å². The molecule has 0 atom stereocenters. The zero-order chi connectivity index (χ0) is 12.5. The first-order valence-corrected chi connectivity index (χ1v) is 6.81. The van der Waals surface area contributed by atoms with Gasteiger partial charge < -0.3 is 4.57 Å². The van der Waals surface area contributed by atoms with Gasteiger partial charge in [0.2, 0.25) is 0 Å². The molecule has 0 amide bonds. The van der Waals surface area contributed by atoms with E-state index < -0.39 is 0 Å². The number of nitrogens with zero attached hydrogens (tertiary/aromatic N) is 2. The zero-order valence-electron chi connectivity index (χ0n) is 9.84. The summed E-state index contributed by atoms with van der Waals surface area (Å²) < 4.78 is 3.00. The lowest BCUT2D eigenvalue weighted by Gasteiger charge is -2.03. The molecule has 0 spiro atoms. The van der Waals surface area contributed by atoms with Crippen LogP contribution in [0.25, 0.3) is 0 Å². The summed E-state index contributed by atoms with van der Waals surface area (Å²) in [7, 11) is 0. The number of Topliss-reactive ketones (excluding diaryl/α,β-unsaturated/α-hetero) is 1. The van der Waals surface area contributed by atoms with Gasteiger partial charge in [-0.15, -0.1) is 0 Å². The van der Waals surface area contributed by atoms with Crippen LogP contribution < -0.4 is 0 Å². The molecule has 3 rings (SSSR count). The van der Waals surface area contributed by atoms with E-state index in [1.807, 2.05) is 35.3 Å². The highest BCUT2D eigenvalue weighted by atomic mass is 79.9. The normalized spacial score (nSPS) is 14.7. The summed E-state index contributed by atoms with van der Waals surface area (Å²) >= 11 is 3.41. The molecule has 1 saturated carbocycles. The minimum Gasteiger partial charge on any atom is -0.349 e. The van der Waals surface area contributed by atoms with E-state index in [4.69, 9.17) is 0 Å². The maximum atomic E-state index is 11.9. The Kier molecular flexibility index (Phi) is 3.04. The fraction of sp³-hybridized carbons (Fsp3) is 0.286. The van der Waals surface area contributed by atoms with E-state index in [1.165, 1.54) is 0 Å². The van der Waals surface area contributed by atoms with Crippen molar-refractivity contribution in [3.63, 3.8) is 0 Å². The van der Waals surface area contributed by atoms with E-state index in [0.717, 1.165) is 35.0 Å². The molecule has 0 saturated heterocycles. The predicted molar refractivity (Wildman–Crippen MR) is 72.5 cm³/mol. The SMILES string of the molecule is O=C(c1ccn(Cc2cncc(Br)c2)c1)C1CC1. The molecule has 2 aromatic rings. The van der Waals surface area contributed by atoms with Crippen molar-refractivity contribution in [2.45, 2.75) is 19.4 Å². The Hall–Kier alpha value is -1.42. The molecule has 2 heterocycles. The summed E-state index contributed by atoms with van der Waals surface area (Å²) in [5.74, 6) is 0.578. The van der Waals surface area contributed by atoms with Gasteiger partial charge in [-0.05, 0) is 46.5 Å². The molecule has 1 aliphatic rings. The Balaban J connectivity index is 1.75. The second-order valence-electron chi connectivity index (χ2n) is 4.72. The minimum atomic E-state index is 0.286. The van der Waals surface area contributed by atoms with Crippen LogP contribution in [0.3, 0.4) is 0 Å². The van der Waals surface area contributed by atoms with Gasteiger partial charge in [-0.3, -0.25) is 9.78 Å². The first-order valence-electron chi connectivity index (χ1n) is 6.02. The van der Waals surface area contributed by atoms with E-state index in [1.54, 1.807) is 6.20 Å². The number of ketones is 1. The minimum absolute atomic E-state index is 0.286. The molecule has 0 N–H and O–H groups in total. The lowest BCUT2D eigenvalue weighted by molar-refractivity contribution is 0.0967. The molecule has 0 aliphatic heterocycles. The Morgan fingerprint density at radius 1 is 1.44 bits per heavy atom. The van der Waals surface area contributed by atoms with Crippen molar-refractivity contribution in [3.8, 4) is 0 Å². The van der Waals surface area contributed by atoms with Gasteiger partial charge in [0.15, 0.2) is 5.78 Å². The first kappa shape index (κ1) is 11.7. The summed E-state index contributed by atoms with van der Waals surface area (Å²) in [6.45, 7) is 0.740. The van der Waals surface area contributed by atoms with Gasteiger partial charge in [-0.2, -0.15) is 0 Å². The number of carbonyl (C=O) groups excluding carboxylic acids is 1. The largest absolute Gasteiger partial charge is 0.349 e. The molecule has 1 fully saturated rings. The van der Waals surface area contributed by atoms with E-state index in [0.29, 0.717) is 5.78 Å². The van der Waals surface area contributed by atoms with Crippen LogP contribution in [0.4, 0.5) is 0 Å². The highest BCUT2D eigenvalue weighted by Gasteiger charge is 2.30. The van der Waals surface area contributed by atoms with Gasteiger partial charge in [-0.1, -0.05) is 0 Å². The standard InChI is InChI=1S/C14H13BrN2O/c15-13-5-10(6-16-7-13)8-17-4-3-12(9-17)14(18)11-1-2-11/h3-7,9,11H,1-2,8H2. The highest BCUT2D eigenvalue weighted by Crippen LogP contribution is 2.32. The van der Waals surface area contributed by atoms with Gasteiger partial charge in [0.25, 0.3) is 0 Å². The number of rotatable bonds is 4. The average Bonchev–Trinajstić information content (AvgIpc) is 3.09. The van der Waals surface area contributed by atoms with Crippen molar-refractivity contribution in [1.29, 1.82) is 0 Å². The number of halogens is 1. The van der Waals surface area contributed by atoms with Crippen LogP contribution >= 0.6 is 15.9 Å². The summed E-state index contributed by atoms with van der Waals surface area (Å²) in [4.78, 5) is 16.0. The van der Waals surface area contributed by atoms with Crippen molar-refractivity contribution in [2.24, 2.45) is 5.92 Å². The quantitative estimate of drug-likeness (QED) is 0.813. The zero-order valence-corrected chi connectivity index (χ0v) is 11.4. The van der Waals surface area contributed by atoms with Crippen molar-refractivity contribution in [1.82, 2.24) is 9.55 Å². The number of hydrogen-bond donors (Lipinski definition) is 0. The Bertz CT molecular complexity index is 587. The van der Waals surface area contributed by atoms with Crippen LogP contribution in [0.2, 0.25) is 0 Å². The van der Waals surface area contributed by atoms with E-state index >= 15 is 0 Å². The van der Waals surface area contributed by atoms with Gasteiger partial charge in [0, 0.05) is 47.3 Å². The molecule has 0 radical (unpaired) electrons. The lowest BCUT2D eigenvalue weighted by atomic mass is 10.1. The molecular weight excluding hydrogens is 292 g/mol. The molecule has 4 heteroatoms. The molecule has 1 aliphatic carbocycles. The number of carbonyl (C=O) groups is 1. The molecule has 18 heavy (non-hydrogen) atoms. The molecule has 92 valence electrons. The molecule has 0 bridgehead atoms. The predicted octanol–water partition coefficient (Wildman–Crippen LogP) is 3.29. The van der Waals surface area contributed by atoms with E-state index in [9.17, 15) is 4.79 Å². The number of aromatic nitrogens is 2. The van der Waals surface area contributed by atoms with Gasteiger partial charge in [0.05, 0.1) is 0 Å². The molecule has 0 unspecified atom stereocenters. The Morgan fingerprint density at radius 3 is 3.00 bits per heavy atom. The summed E-state index contributed by atoms with van der Waals surface area (Å²) in [6, 6.07) is 3.95. The van der Waals surface area contributed by atoms with Crippen LogP contribution in [-0.4, -0.2) is 15.3 Å². The first-order chi connectivity index (χ1) is 8.72. The van der Waals surface area contributed by atoms with Gasteiger partial charge in [0.1, 0.15) is 0 Å². The van der Waals surface area contributed by atoms with Crippen molar-refractivity contribution in [3.05, 3.63) is 52.5 Å². The summed E-state index contributed by atoms with van der Waals surface area (Å²) in [5.41, 5.74) is 1.95.